The van der Waals surface area contributed by atoms with E-state index in [-0.39, 0.29) is 30.5 Å². The van der Waals surface area contributed by atoms with Crippen molar-refractivity contribution in [3.63, 3.8) is 0 Å². The largest absolute Gasteiger partial charge is 0.497 e. The molecule has 0 saturated carbocycles. The average molecular weight is 714 g/mol. The van der Waals surface area contributed by atoms with Gasteiger partial charge in [-0.05, 0) is 59.7 Å². The Labute approximate surface area is 303 Å². The van der Waals surface area contributed by atoms with Gasteiger partial charge in [-0.15, -0.1) is 11.8 Å². The van der Waals surface area contributed by atoms with Crippen LogP contribution < -0.4 is 26.0 Å². The van der Waals surface area contributed by atoms with Crippen LogP contribution >= 0.6 is 19.0 Å². The molecule has 1 saturated heterocycles. The van der Waals surface area contributed by atoms with Gasteiger partial charge in [-0.2, -0.15) is 0 Å². The van der Waals surface area contributed by atoms with E-state index in [2.05, 4.69) is 78.1 Å². The van der Waals surface area contributed by atoms with Gasteiger partial charge in [-0.25, -0.2) is 4.79 Å². The van der Waals surface area contributed by atoms with E-state index in [1.807, 2.05) is 72.8 Å². The standard InChI is InChI=1S/C42H37N2O5PS/c1-48-33-24-22-31(23-25-33)27-49-42(47)39-32(29-51-41-38(40(46)44(39)41)43-37(45)26-30-14-6-2-7-15-30)28-50(34-16-8-3-9-17-34,35-18-10-4-11-19-35)36-20-12-5-13-21-36/h2-25,38,41H,26-29H2,1H3/p+1/t38-,41?/m1/s1. The second kappa shape index (κ2) is 15.4. The zero-order chi connectivity index (χ0) is 35.2. The lowest BCUT2D eigenvalue weighted by Gasteiger charge is -2.50. The Morgan fingerprint density at radius 2 is 1.27 bits per heavy atom. The fourth-order valence-corrected chi connectivity index (χ4v) is 12.6. The number of carbonyl (C=O) groups is 3. The number of β-lactam (4-membered cyclic amide) rings is 1. The molecule has 2 atom stereocenters. The zero-order valence-electron chi connectivity index (χ0n) is 28.2. The highest BCUT2D eigenvalue weighted by Crippen LogP contribution is 2.58. The van der Waals surface area contributed by atoms with Crippen LogP contribution in [0.2, 0.25) is 0 Å². The summed E-state index contributed by atoms with van der Waals surface area (Å²) in [5, 5.41) is 6.05. The smallest absolute Gasteiger partial charge is 0.355 e. The molecule has 51 heavy (non-hydrogen) atoms. The van der Waals surface area contributed by atoms with Crippen molar-refractivity contribution >= 4 is 52.7 Å². The number of esters is 1. The molecule has 2 aliphatic rings. The fraction of sp³-hybridized carbons (Fsp3) is 0.167. The van der Waals surface area contributed by atoms with Gasteiger partial charge in [0.05, 0.1) is 19.7 Å². The number of hydrogen-bond donors (Lipinski definition) is 1. The van der Waals surface area contributed by atoms with Gasteiger partial charge in [0, 0.05) is 11.3 Å². The molecule has 2 amide bonds. The van der Waals surface area contributed by atoms with E-state index < -0.39 is 24.6 Å². The molecule has 0 aliphatic carbocycles. The molecule has 256 valence electrons. The summed E-state index contributed by atoms with van der Waals surface area (Å²) < 4.78 is 11.3. The average Bonchev–Trinajstić information content (AvgIpc) is 3.19. The molecule has 7 rings (SSSR count). The van der Waals surface area contributed by atoms with Crippen molar-refractivity contribution in [2.24, 2.45) is 0 Å². The van der Waals surface area contributed by atoms with Crippen molar-refractivity contribution in [2.45, 2.75) is 24.4 Å². The third-order valence-electron chi connectivity index (χ3n) is 9.31. The minimum Gasteiger partial charge on any atom is -0.497 e. The Bertz CT molecular complexity index is 1930. The Morgan fingerprint density at radius 3 is 1.80 bits per heavy atom. The Morgan fingerprint density at radius 1 is 0.745 bits per heavy atom. The normalized spacial score (nSPS) is 16.9. The van der Waals surface area contributed by atoms with E-state index in [1.54, 1.807) is 23.8 Å². The van der Waals surface area contributed by atoms with Crippen LogP contribution in [0, 0.1) is 0 Å². The summed E-state index contributed by atoms with van der Waals surface area (Å²) in [7, 11) is -0.802. The minimum absolute atomic E-state index is 0.0348. The van der Waals surface area contributed by atoms with E-state index in [1.165, 1.54) is 15.9 Å². The summed E-state index contributed by atoms with van der Waals surface area (Å²) in [6, 6.07) is 47.4. The number of nitrogens with zero attached hydrogens (tertiary/aromatic N) is 1. The maximum Gasteiger partial charge on any atom is 0.355 e. The van der Waals surface area contributed by atoms with Crippen LogP contribution in [0.4, 0.5) is 0 Å². The lowest BCUT2D eigenvalue weighted by atomic mass is 10.0. The van der Waals surface area contributed by atoms with Crippen LogP contribution in [0.3, 0.4) is 0 Å². The van der Waals surface area contributed by atoms with Gasteiger partial charge < -0.3 is 14.8 Å². The molecule has 1 fully saturated rings. The highest BCUT2D eigenvalue weighted by Gasteiger charge is 2.56. The van der Waals surface area contributed by atoms with Crippen molar-refractivity contribution in [3.8, 4) is 5.75 Å². The van der Waals surface area contributed by atoms with E-state index in [4.69, 9.17) is 9.47 Å². The zero-order valence-corrected chi connectivity index (χ0v) is 29.9. The van der Waals surface area contributed by atoms with Crippen LogP contribution in [-0.4, -0.2) is 53.1 Å². The molecule has 5 aromatic rings. The molecule has 1 N–H and O–H groups in total. The Balaban J connectivity index is 1.27. The van der Waals surface area contributed by atoms with Crippen LogP contribution in [0.5, 0.6) is 5.75 Å². The topological polar surface area (TPSA) is 84.9 Å². The molecule has 2 aliphatic heterocycles. The third kappa shape index (κ3) is 7.07. The summed E-state index contributed by atoms with van der Waals surface area (Å²) in [5.41, 5.74) is 2.79. The van der Waals surface area contributed by atoms with E-state index in [0.717, 1.165) is 16.7 Å². The molecule has 1 unspecified atom stereocenters. The number of carbonyl (C=O) groups excluding carboxylic acids is 3. The van der Waals surface area contributed by atoms with Gasteiger partial charge in [-0.3, -0.25) is 14.5 Å². The quantitative estimate of drug-likeness (QED) is 0.103. The highest BCUT2D eigenvalue weighted by atomic mass is 32.2. The predicted octanol–water partition coefficient (Wildman–Crippen LogP) is 5.63. The molecule has 7 nitrogen and oxygen atoms in total. The SMILES string of the molecule is COc1ccc(COC(=O)C2=C(C[P+](c3ccccc3)(c3ccccc3)c3ccccc3)CSC3[C@H](NC(=O)Cc4ccccc4)C(=O)N23)cc1. The van der Waals surface area contributed by atoms with Gasteiger partial charge in [-0.1, -0.05) is 97.1 Å². The first-order valence-electron chi connectivity index (χ1n) is 16.8. The summed E-state index contributed by atoms with van der Waals surface area (Å²) >= 11 is 1.58. The van der Waals surface area contributed by atoms with Crippen molar-refractivity contribution < 1.29 is 23.9 Å². The maximum atomic E-state index is 14.3. The number of amides is 2. The molecule has 0 radical (unpaired) electrons. The summed E-state index contributed by atoms with van der Waals surface area (Å²) in [6.45, 7) is 0.0348. The molecule has 2 heterocycles. The van der Waals surface area contributed by atoms with Gasteiger partial charge in [0.25, 0.3) is 5.91 Å². The van der Waals surface area contributed by atoms with Crippen molar-refractivity contribution in [2.75, 3.05) is 19.0 Å². The van der Waals surface area contributed by atoms with E-state index >= 15 is 0 Å². The second-order valence-corrected chi connectivity index (χ2v) is 17.1. The van der Waals surface area contributed by atoms with Crippen LogP contribution in [0.25, 0.3) is 0 Å². The maximum absolute atomic E-state index is 14.3. The lowest BCUT2D eigenvalue weighted by molar-refractivity contribution is -0.153. The highest BCUT2D eigenvalue weighted by molar-refractivity contribution is 8.00. The van der Waals surface area contributed by atoms with Gasteiger partial charge in [0.15, 0.2) is 0 Å². The van der Waals surface area contributed by atoms with E-state index in [9.17, 15) is 14.4 Å². The number of hydrogen-bond acceptors (Lipinski definition) is 6. The first kappa shape index (κ1) is 34.3. The Kier molecular flexibility index (Phi) is 10.3. The van der Waals surface area contributed by atoms with Crippen molar-refractivity contribution in [1.29, 1.82) is 0 Å². The number of rotatable bonds is 12. The van der Waals surface area contributed by atoms with Crippen LogP contribution in [0.1, 0.15) is 11.1 Å². The number of methoxy groups -OCH3 is 1. The van der Waals surface area contributed by atoms with Gasteiger partial charge in [0.1, 0.15) is 52.6 Å². The van der Waals surface area contributed by atoms with E-state index in [0.29, 0.717) is 17.7 Å². The lowest BCUT2D eigenvalue weighted by Crippen LogP contribution is -2.70. The second-order valence-electron chi connectivity index (χ2n) is 12.5. The van der Waals surface area contributed by atoms with Gasteiger partial charge >= 0.3 is 5.97 Å². The monoisotopic (exact) mass is 713 g/mol. The fourth-order valence-electron chi connectivity index (χ4n) is 6.79. The third-order valence-corrected chi connectivity index (χ3v) is 15.0. The molecular formula is C42H38N2O5PS+. The summed E-state index contributed by atoms with van der Waals surface area (Å²) in [6.07, 6.45) is 0.699. The number of nitrogens with one attached hydrogen (secondary N) is 1. The Hall–Kier alpha value is -5.17. The van der Waals surface area contributed by atoms with Crippen LogP contribution in [0.15, 0.2) is 157 Å². The van der Waals surface area contributed by atoms with Gasteiger partial charge in [0.2, 0.25) is 5.91 Å². The molecule has 5 aromatic carbocycles. The summed E-state index contributed by atoms with van der Waals surface area (Å²) in [5.74, 6) is 0.101. The number of ether oxygens (including phenoxy) is 2. The minimum atomic E-state index is -2.40. The predicted molar refractivity (Wildman–Crippen MR) is 205 cm³/mol. The molecule has 9 heteroatoms. The first-order valence-corrected chi connectivity index (χ1v) is 19.8. The molecular weight excluding hydrogens is 676 g/mol. The first-order chi connectivity index (χ1) is 25.0. The van der Waals surface area contributed by atoms with Crippen molar-refractivity contribution in [1.82, 2.24) is 10.2 Å². The number of fused-ring (bicyclic) bond motifs is 1. The molecule has 0 aromatic heterocycles. The molecule has 0 spiro atoms. The number of thioether (sulfide) groups is 1. The number of benzene rings is 5. The molecule has 0 bridgehead atoms. The van der Waals surface area contributed by atoms with Crippen LogP contribution in [-0.2, 0) is 32.1 Å². The van der Waals surface area contributed by atoms with Crippen molar-refractivity contribution in [3.05, 3.63) is 168 Å². The summed E-state index contributed by atoms with van der Waals surface area (Å²) in [4.78, 5) is 43.0.